The van der Waals surface area contributed by atoms with Gasteiger partial charge < -0.3 is 19.1 Å². The maximum Gasteiger partial charge on any atom is 0.297 e. The van der Waals surface area contributed by atoms with Crippen LogP contribution in [0.2, 0.25) is 0 Å². The highest BCUT2D eigenvalue weighted by molar-refractivity contribution is 7.00. The Kier molecular flexibility index (Phi) is 8.89. The summed E-state index contributed by atoms with van der Waals surface area (Å²) >= 11 is 0. The number of hydrogen-bond donors (Lipinski definition) is 0. The van der Waals surface area contributed by atoms with Crippen LogP contribution in [-0.4, -0.2) is 6.71 Å². The third-order valence-corrected chi connectivity index (χ3v) is 16.6. The van der Waals surface area contributed by atoms with Gasteiger partial charge in [0.15, 0.2) is 0 Å². The van der Waals surface area contributed by atoms with Gasteiger partial charge in [-0.1, -0.05) is 202 Å². The second-order valence-corrected chi connectivity index (χ2v) is 24.5. The molecule has 3 aliphatic rings. The number of benzene rings is 9. The van der Waals surface area contributed by atoms with Crippen molar-refractivity contribution in [2.24, 2.45) is 0 Å². The molecule has 10 aromatic rings. The fraction of sp³-hybridized carbons (Fsp3) is 0.222. The van der Waals surface area contributed by atoms with Crippen LogP contribution in [0.15, 0.2) is 210 Å². The minimum Gasteiger partial charge on any atom is -0.468 e. The van der Waals surface area contributed by atoms with Gasteiger partial charge in [-0.2, -0.15) is 0 Å². The highest BCUT2D eigenvalue weighted by Gasteiger charge is 2.49. The Hall–Kier alpha value is -8.02. The third-order valence-electron chi connectivity index (χ3n) is 16.6. The fourth-order valence-corrected chi connectivity index (χ4v) is 12.2. The molecule has 0 spiro atoms. The molecule has 0 amide bonds. The Morgan fingerprint density at radius 2 is 1.08 bits per heavy atom. The topological polar surface area (TPSA) is 22.9 Å². The molecular formula is C72H68BN3O. The van der Waals surface area contributed by atoms with E-state index in [0.717, 1.165) is 91.5 Å². The monoisotopic (exact) mass is 1010 g/mol. The largest absolute Gasteiger partial charge is 0.468 e. The van der Waals surface area contributed by atoms with Gasteiger partial charge in [-0.25, -0.2) is 0 Å². The van der Waals surface area contributed by atoms with Crippen LogP contribution in [0.4, 0.5) is 51.2 Å². The number of rotatable bonds is 7. The van der Waals surface area contributed by atoms with Crippen molar-refractivity contribution in [2.45, 2.75) is 104 Å². The SMILES string of the molecule is [2H]c1c([2H])c([2H])c(-c2ccc(N(c3ccccc3)c3cc4c5c(c3)N(c3ccc(C(C)(C)C)cc3)c3c(oc6ccc(C(C)(C)C)cc36)B5c3cc5c(cc3N4c3ccccc3-c3c([2H])c([2H])c([2H])c([2H])c3[2H])C(C)(C)CCC5(C)C)cc2)c([2H])c1[2H]. The minimum atomic E-state index is -0.485. The zero-order valence-electron chi connectivity index (χ0n) is 55.6. The molecule has 0 radical (unpaired) electrons. The normalized spacial score (nSPS) is 17.0. The smallest absolute Gasteiger partial charge is 0.297 e. The maximum atomic E-state index is 9.50. The van der Waals surface area contributed by atoms with Crippen LogP contribution in [0.25, 0.3) is 33.2 Å². The predicted molar refractivity (Wildman–Crippen MR) is 328 cm³/mol. The predicted octanol–water partition coefficient (Wildman–Crippen LogP) is 18.3. The second kappa shape index (κ2) is 17.8. The maximum absolute atomic E-state index is 9.50. The van der Waals surface area contributed by atoms with E-state index in [2.05, 4.69) is 151 Å². The first-order chi connectivity index (χ1) is 41.1. The van der Waals surface area contributed by atoms with Crippen molar-refractivity contribution in [1.29, 1.82) is 0 Å². The van der Waals surface area contributed by atoms with Crippen LogP contribution < -0.4 is 31.3 Å². The molecule has 4 nitrogen and oxygen atoms in total. The number of furan rings is 1. The molecule has 3 heterocycles. The number of hydrogen-bond acceptors (Lipinski definition) is 4. The molecule has 1 aliphatic carbocycles. The van der Waals surface area contributed by atoms with E-state index in [1.807, 2.05) is 78.9 Å². The molecule has 2 aliphatic heterocycles. The lowest BCUT2D eigenvalue weighted by atomic mass is 9.35. The van der Waals surface area contributed by atoms with E-state index in [9.17, 15) is 2.74 Å². The highest BCUT2D eigenvalue weighted by atomic mass is 16.3. The molecular weight excluding hydrogens is 934 g/mol. The number of para-hydroxylation sites is 2. The summed E-state index contributed by atoms with van der Waals surface area (Å²) in [6.07, 6.45) is 1.93. The average molecular weight is 1010 g/mol. The number of fused-ring (bicyclic) bond motifs is 7. The van der Waals surface area contributed by atoms with Gasteiger partial charge in [0, 0.05) is 45.1 Å². The summed E-state index contributed by atoms with van der Waals surface area (Å²) in [5, 5.41) is 0.966. The quantitative estimate of drug-likeness (QED) is 0.148. The van der Waals surface area contributed by atoms with Crippen molar-refractivity contribution < 1.29 is 18.1 Å². The summed E-state index contributed by atoms with van der Waals surface area (Å²) < 4.78 is 96.4. The summed E-state index contributed by atoms with van der Waals surface area (Å²) in [5.41, 5.74) is 15.9. The van der Waals surface area contributed by atoms with E-state index >= 15 is 0 Å². The van der Waals surface area contributed by atoms with Gasteiger partial charge in [0.1, 0.15) is 5.58 Å². The van der Waals surface area contributed by atoms with Crippen molar-refractivity contribution in [3.8, 4) is 22.3 Å². The van der Waals surface area contributed by atoms with E-state index < -0.39 is 43.0 Å². The molecule has 1 aromatic heterocycles. The molecule has 0 saturated carbocycles. The molecule has 5 heteroatoms. The van der Waals surface area contributed by atoms with Crippen molar-refractivity contribution >= 4 is 85.5 Å². The lowest BCUT2D eigenvalue weighted by molar-refractivity contribution is 0.332. The summed E-state index contributed by atoms with van der Waals surface area (Å²) in [6, 6.07) is 46.1. The third kappa shape index (κ3) is 8.12. The van der Waals surface area contributed by atoms with E-state index in [1.54, 1.807) is 0 Å². The zero-order valence-corrected chi connectivity index (χ0v) is 45.6. The fourth-order valence-electron chi connectivity index (χ4n) is 12.2. The Bertz CT molecular complexity index is 4450. The summed E-state index contributed by atoms with van der Waals surface area (Å²) in [6.45, 7) is 22.2. The summed E-state index contributed by atoms with van der Waals surface area (Å²) in [5.74, 6) is 0. The summed E-state index contributed by atoms with van der Waals surface area (Å²) in [4.78, 5) is 6.80. The summed E-state index contributed by atoms with van der Waals surface area (Å²) in [7, 11) is 0. The standard InChI is InChI=1S/C72H68BN3O/c1-69(2,3)50-32-37-54(38-33-50)75-63-43-55(74(52-26-18-13-19-27-52)53-35-30-48(31-36-53)47-22-14-11-15-23-47)44-64-66(63)73(68-67(75)57-42-51(70(4,5)6)34-39-65(57)77-68)60-45-58-59(72(9,10)41-40-71(58,7)8)46-62(60)76(64)61-29-21-20-28-56(61)49-24-16-12-17-25-49/h11-39,42-46H,40-41H2,1-10H3/i11D,12D,14D,15D,16D,17D,22D,23D,24D,25D. The van der Waals surface area contributed by atoms with E-state index in [4.69, 9.17) is 15.4 Å². The first-order valence-electron chi connectivity index (χ1n) is 31.9. The Balaban J connectivity index is 1.19. The number of anilines is 9. The minimum absolute atomic E-state index is 0.0876. The van der Waals surface area contributed by atoms with Gasteiger partial charge in [0.05, 0.1) is 36.4 Å². The molecule has 0 saturated heterocycles. The van der Waals surface area contributed by atoms with Gasteiger partial charge in [-0.05, 0) is 157 Å². The first kappa shape index (κ1) is 38.5. The Morgan fingerprint density at radius 3 is 1.73 bits per heavy atom. The first-order valence-corrected chi connectivity index (χ1v) is 26.9. The van der Waals surface area contributed by atoms with Crippen molar-refractivity contribution in [2.75, 3.05) is 14.7 Å². The molecule has 0 fully saturated rings. The Labute approximate surface area is 470 Å². The van der Waals surface area contributed by atoms with Gasteiger partial charge in [-0.3, -0.25) is 0 Å². The van der Waals surface area contributed by atoms with Crippen LogP contribution in [0.5, 0.6) is 0 Å². The van der Waals surface area contributed by atoms with Crippen LogP contribution >= 0.6 is 0 Å². The van der Waals surface area contributed by atoms with Gasteiger partial charge in [0.2, 0.25) is 0 Å². The Morgan fingerprint density at radius 1 is 0.506 bits per heavy atom. The molecule has 0 bridgehead atoms. The molecule has 77 heavy (non-hydrogen) atoms. The molecule has 380 valence electrons. The van der Waals surface area contributed by atoms with Crippen LogP contribution in [0.3, 0.4) is 0 Å². The second-order valence-electron chi connectivity index (χ2n) is 24.5. The van der Waals surface area contributed by atoms with Gasteiger partial charge in [0.25, 0.3) is 6.71 Å². The van der Waals surface area contributed by atoms with Crippen molar-refractivity contribution in [3.63, 3.8) is 0 Å². The van der Waals surface area contributed by atoms with E-state index in [1.165, 1.54) is 16.7 Å². The zero-order chi connectivity index (χ0) is 61.9. The number of nitrogens with zero attached hydrogens (tertiary/aromatic N) is 3. The van der Waals surface area contributed by atoms with Gasteiger partial charge in [-0.15, -0.1) is 0 Å². The van der Waals surface area contributed by atoms with E-state index in [0.29, 0.717) is 16.8 Å². The molecule has 0 N–H and O–H groups in total. The molecule has 0 unspecified atom stereocenters. The lowest BCUT2D eigenvalue weighted by Gasteiger charge is -2.47. The van der Waals surface area contributed by atoms with Crippen molar-refractivity contribution in [3.05, 3.63) is 228 Å². The van der Waals surface area contributed by atoms with Crippen molar-refractivity contribution in [1.82, 2.24) is 0 Å². The van der Waals surface area contributed by atoms with Crippen LogP contribution in [0.1, 0.15) is 118 Å². The van der Waals surface area contributed by atoms with E-state index in [-0.39, 0.29) is 57.0 Å². The van der Waals surface area contributed by atoms with Crippen LogP contribution in [0, 0.1) is 0 Å². The van der Waals surface area contributed by atoms with Crippen LogP contribution in [-0.2, 0) is 21.7 Å². The molecule has 0 atom stereocenters. The average Bonchev–Trinajstić information content (AvgIpc) is 1.68. The molecule has 9 aromatic carbocycles. The molecule has 13 rings (SSSR count). The van der Waals surface area contributed by atoms with Gasteiger partial charge >= 0.3 is 0 Å². The lowest BCUT2D eigenvalue weighted by Crippen LogP contribution is -2.61. The highest BCUT2D eigenvalue weighted by Crippen LogP contribution is 2.54.